The third kappa shape index (κ3) is 1.64. The zero-order valence-electron chi connectivity index (χ0n) is 10.7. The van der Waals surface area contributed by atoms with Crippen molar-refractivity contribution < 1.29 is 4.79 Å². The first-order valence-electron chi connectivity index (χ1n) is 7.34. The second kappa shape index (κ2) is 3.99. The Morgan fingerprint density at radius 2 is 2.06 bits per heavy atom. The van der Waals surface area contributed by atoms with Crippen LogP contribution in [0.3, 0.4) is 0 Å². The van der Waals surface area contributed by atoms with Gasteiger partial charge >= 0.3 is 0 Å². The topological polar surface area (TPSA) is 41.5 Å². The van der Waals surface area contributed by atoms with Crippen molar-refractivity contribution in [3.05, 3.63) is 0 Å². The molecule has 3 atom stereocenters. The average Bonchev–Trinajstić information content (AvgIpc) is 3.06. The van der Waals surface area contributed by atoms with E-state index in [4.69, 9.17) is 0 Å². The van der Waals surface area contributed by atoms with E-state index in [1.807, 2.05) is 0 Å². The molecule has 98 valence electrons. The summed E-state index contributed by atoms with van der Waals surface area (Å²) in [7, 11) is 0. The van der Waals surface area contributed by atoms with Crippen molar-refractivity contribution in [2.45, 2.75) is 62.2 Å². The summed E-state index contributed by atoms with van der Waals surface area (Å²) in [4.78, 5) is 16.4. The van der Waals surface area contributed by atoms with Crippen LogP contribution < -0.4 is 5.32 Å². The van der Waals surface area contributed by atoms with Crippen molar-refractivity contribution in [1.29, 1.82) is 0 Å². The molecule has 3 saturated carbocycles. The highest BCUT2D eigenvalue weighted by Gasteiger charge is 2.48. The maximum absolute atomic E-state index is 12.1. The van der Waals surface area contributed by atoms with Gasteiger partial charge in [0.15, 0.2) is 5.17 Å². The number of amides is 1. The maximum Gasteiger partial charge on any atom is 0.264 e. The Hall–Kier alpha value is -0.510. The van der Waals surface area contributed by atoms with Crippen LogP contribution in [0, 0.1) is 11.8 Å². The predicted molar refractivity (Wildman–Crippen MR) is 73.6 cm³/mol. The second-order valence-electron chi connectivity index (χ2n) is 6.45. The van der Waals surface area contributed by atoms with Crippen LogP contribution in [0.5, 0.6) is 0 Å². The van der Waals surface area contributed by atoms with E-state index in [1.54, 1.807) is 11.8 Å². The van der Waals surface area contributed by atoms with Crippen LogP contribution in [-0.4, -0.2) is 21.9 Å². The van der Waals surface area contributed by atoms with Crippen LogP contribution in [0.2, 0.25) is 0 Å². The number of aliphatic imine (C=N–C) groups is 1. The fraction of sp³-hybridized carbons (Fsp3) is 0.857. The monoisotopic (exact) mass is 264 g/mol. The first-order chi connectivity index (χ1) is 8.75. The van der Waals surface area contributed by atoms with E-state index >= 15 is 0 Å². The van der Waals surface area contributed by atoms with Crippen LogP contribution >= 0.6 is 11.8 Å². The summed E-state index contributed by atoms with van der Waals surface area (Å²) in [6, 6.07) is 0.597. The van der Waals surface area contributed by atoms with Crippen molar-refractivity contribution in [3.8, 4) is 0 Å². The van der Waals surface area contributed by atoms with Gasteiger partial charge in [-0.3, -0.25) is 4.79 Å². The number of rotatable bonds is 1. The molecule has 4 aliphatic rings. The normalized spacial score (nSPS) is 40.8. The zero-order chi connectivity index (χ0) is 12.2. The highest BCUT2D eigenvalue weighted by molar-refractivity contribution is 8.16. The highest BCUT2D eigenvalue weighted by atomic mass is 32.2. The molecule has 1 heterocycles. The molecule has 0 saturated heterocycles. The number of fused-ring (bicyclic) bond motifs is 2. The Balaban J connectivity index is 1.44. The Labute approximate surface area is 112 Å². The molecule has 3 unspecified atom stereocenters. The van der Waals surface area contributed by atoms with E-state index in [1.165, 1.54) is 38.5 Å². The lowest BCUT2D eigenvalue weighted by Crippen LogP contribution is -2.37. The number of hydrogen-bond acceptors (Lipinski definition) is 3. The average molecular weight is 264 g/mol. The summed E-state index contributed by atoms with van der Waals surface area (Å²) < 4.78 is -0.167. The predicted octanol–water partition coefficient (Wildman–Crippen LogP) is 2.71. The zero-order valence-corrected chi connectivity index (χ0v) is 11.5. The van der Waals surface area contributed by atoms with Crippen LogP contribution in [0.15, 0.2) is 4.99 Å². The minimum absolute atomic E-state index is 0.135. The van der Waals surface area contributed by atoms with Gasteiger partial charge in [-0.05, 0) is 43.9 Å². The van der Waals surface area contributed by atoms with Crippen LogP contribution in [0.25, 0.3) is 0 Å². The molecule has 18 heavy (non-hydrogen) atoms. The van der Waals surface area contributed by atoms with Gasteiger partial charge in [-0.25, -0.2) is 0 Å². The van der Waals surface area contributed by atoms with Crippen molar-refractivity contribution in [2.24, 2.45) is 16.8 Å². The van der Waals surface area contributed by atoms with Gasteiger partial charge in [0.05, 0.1) is 0 Å². The summed E-state index contributed by atoms with van der Waals surface area (Å²) in [5.74, 6) is 1.92. The number of carbonyl (C=O) groups excluding carboxylic acids is 1. The third-order valence-corrected chi connectivity index (χ3v) is 6.72. The molecular weight excluding hydrogens is 244 g/mol. The fourth-order valence-corrected chi connectivity index (χ4v) is 5.68. The number of nitrogens with zero attached hydrogens (tertiary/aromatic N) is 1. The Bertz CT molecular complexity index is 414. The number of hydrogen-bond donors (Lipinski definition) is 1. The molecule has 2 bridgehead atoms. The molecule has 4 heteroatoms. The molecule has 3 fully saturated rings. The third-order valence-electron chi connectivity index (χ3n) is 5.34. The quantitative estimate of drug-likeness (QED) is 0.791. The van der Waals surface area contributed by atoms with Crippen molar-refractivity contribution >= 4 is 22.8 Å². The van der Waals surface area contributed by atoms with Crippen LogP contribution in [-0.2, 0) is 4.79 Å². The van der Waals surface area contributed by atoms with Gasteiger partial charge in [-0.15, -0.1) is 0 Å². The van der Waals surface area contributed by atoms with Gasteiger partial charge in [0.1, 0.15) is 4.75 Å². The Morgan fingerprint density at radius 3 is 2.72 bits per heavy atom. The van der Waals surface area contributed by atoms with Crippen molar-refractivity contribution in [2.75, 3.05) is 0 Å². The summed E-state index contributed by atoms with van der Waals surface area (Å²) in [5, 5.41) is 4.51. The van der Waals surface area contributed by atoms with Crippen LogP contribution in [0.4, 0.5) is 0 Å². The number of carbonyl (C=O) groups is 1. The molecule has 1 spiro atoms. The second-order valence-corrected chi connectivity index (χ2v) is 7.82. The van der Waals surface area contributed by atoms with E-state index in [-0.39, 0.29) is 10.7 Å². The maximum atomic E-state index is 12.1. The summed E-state index contributed by atoms with van der Waals surface area (Å²) in [6.07, 6.45) is 9.93. The Morgan fingerprint density at radius 1 is 1.22 bits per heavy atom. The first kappa shape index (κ1) is 11.3. The summed E-state index contributed by atoms with van der Waals surface area (Å²) in [5.41, 5.74) is 0. The van der Waals surface area contributed by atoms with Crippen LogP contribution in [0.1, 0.15) is 51.4 Å². The van der Waals surface area contributed by atoms with E-state index in [0.717, 1.165) is 29.8 Å². The van der Waals surface area contributed by atoms with Gasteiger partial charge in [0, 0.05) is 6.04 Å². The van der Waals surface area contributed by atoms with Crippen molar-refractivity contribution in [1.82, 2.24) is 5.32 Å². The van der Waals surface area contributed by atoms with E-state index in [2.05, 4.69) is 10.3 Å². The summed E-state index contributed by atoms with van der Waals surface area (Å²) >= 11 is 1.73. The van der Waals surface area contributed by atoms with Gasteiger partial charge < -0.3 is 5.32 Å². The molecule has 4 rings (SSSR count). The molecule has 1 amide bonds. The number of thioether (sulfide) groups is 1. The van der Waals surface area contributed by atoms with E-state index in [9.17, 15) is 4.79 Å². The molecule has 0 aromatic heterocycles. The lowest BCUT2D eigenvalue weighted by atomic mass is 9.96. The lowest BCUT2D eigenvalue weighted by molar-refractivity contribution is -0.119. The molecule has 0 radical (unpaired) electrons. The molecule has 3 aliphatic carbocycles. The minimum Gasteiger partial charge on any atom is -0.361 e. The Kier molecular flexibility index (Phi) is 2.51. The molecule has 1 aliphatic heterocycles. The number of amidine groups is 1. The molecule has 3 nitrogen and oxygen atoms in total. The standard InChI is InChI=1S/C14H20N2OS/c17-12-14(5-1-2-6-14)18-13(16-12)15-11-8-9-3-4-10(11)7-9/h9-11H,1-8H2,(H,15,16,17). The highest BCUT2D eigenvalue weighted by Crippen LogP contribution is 2.48. The minimum atomic E-state index is -0.167. The van der Waals surface area contributed by atoms with Gasteiger partial charge in [-0.2, -0.15) is 4.99 Å². The fourth-order valence-electron chi connectivity index (χ4n) is 4.35. The van der Waals surface area contributed by atoms with Crippen molar-refractivity contribution in [3.63, 3.8) is 0 Å². The van der Waals surface area contributed by atoms with Gasteiger partial charge in [0.2, 0.25) is 0 Å². The molecule has 1 N–H and O–H groups in total. The SMILES string of the molecule is O=C1N=C(NC2CC3CCC2C3)SC12CCCC2. The first-order valence-corrected chi connectivity index (χ1v) is 8.15. The summed E-state index contributed by atoms with van der Waals surface area (Å²) in [6.45, 7) is 0. The van der Waals surface area contributed by atoms with E-state index < -0.39 is 0 Å². The molecular formula is C14H20N2OS. The molecule has 0 aromatic rings. The number of nitrogens with one attached hydrogen (secondary N) is 1. The largest absolute Gasteiger partial charge is 0.361 e. The molecule has 0 aromatic carbocycles. The van der Waals surface area contributed by atoms with E-state index in [0.29, 0.717) is 6.04 Å². The van der Waals surface area contributed by atoms with Gasteiger partial charge in [-0.1, -0.05) is 31.0 Å². The smallest absolute Gasteiger partial charge is 0.264 e. The lowest BCUT2D eigenvalue weighted by Gasteiger charge is -2.24. The van der Waals surface area contributed by atoms with Gasteiger partial charge in [0.25, 0.3) is 5.91 Å².